The number of carboxylic acid groups (broad SMARTS) is 1. The van der Waals surface area contributed by atoms with Crippen molar-refractivity contribution in [2.75, 3.05) is 26.2 Å². The number of nitrogens with one attached hydrogen (secondary N) is 1. The van der Waals surface area contributed by atoms with Crippen LogP contribution in [0.2, 0.25) is 0 Å². The van der Waals surface area contributed by atoms with E-state index in [2.05, 4.69) is 5.32 Å². The van der Waals surface area contributed by atoms with Crippen molar-refractivity contribution in [1.29, 1.82) is 0 Å². The van der Waals surface area contributed by atoms with E-state index in [-0.39, 0.29) is 6.54 Å². The van der Waals surface area contributed by atoms with Gasteiger partial charge in [0, 0.05) is 13.1 Å². The molecule has 0 aromatic carbocycles. The molecule has 0 aliphatic carbocycles. The SMILES string of the molecule is O=C(O)CNCC1CCN(F)CC1. The van der Waals surface area contributed by atoms with Crippen LogP contribution in [0.25, 0.3) is 0 Å². The van der Waals surface area contributed by atoms with Crippen LogP contribution in [0.15, 0.2) is 0 Å². The number of carboxylic acids is 1. The Morgan fingerprint density at radius 3 is 2.69 bits per heavy atom. The quantitative estimate of drug-likeness (QED) is 0.624. The molecule has 0 bridgehead atoms. The van der Waals surface area contributed by atoms with Crippen LogP contribution in [0.4, 0.5) is 4.48 Å². The fourth-order valence-electron chi connectivity index (χ4n) is 1.49. The number of aliphatic carboxylic acids is 1. The first kappa shape index (κ1) is 10.4. The van der Waals surface area contributed by atoms with Crippen molar-refractivity contribution in [3.63, 3.8) is 0 Å². The lowest BCUT2D eigenvalue weighted by atomic mass is 9.98. The molecule has 1 saturated heterocycles. The average Bonchev–Trinajstić information content (AvgIpc) is 2.08. The van der Waals surface area contributed by atoms with E-state index in [1.165, 1.54) is 0 Å². The molecule has 1 heterocycles. The summed E-state index contributed by atoms with van der Waals surface area (Å²) in [4.78, 5) is 10.2. The molecule has 0 atom stereocenters. The minimum absolute atomic E-state index is 0.00413. The summed E-state index contributed by atoms with van der Waals surface area (Å²) in [6.07, 6.45) is 1.62. The molecule has 4 nitrogen and oxygen atoms in total. The molecule has 0 aromatic heterocycles. The number of nitrogens with zero attached hydrogens (tertiary/aromatic N) is 1. The highest BCUT2D eigenvalue weighted by molar-refractivity contribution is 5.68. The van der Waals surface area contributed by atoms with Gasteiger partial charge in [-0.05, 0) is 25.3 Å². The summed E-state index contributed by atoms with van der Waals surface area (Å²) in [5.41, 5.74) is 0. The number of halogens is 1. The Morgan fingerprint density at radius 1 is 1.54 bits per heavy atom. The Balaban J connectivity index is 2.05. The molecule has 1 fully saturated rings. The normalized spacial score (nSPS) is 20.4. The maximum Gasteiger partial charge on any atom is 0.317 e. The molecule has 0 unspecified atom stereocenters. The number of hydrogen-bond donors (Lipinski definition) is 2. The summed E-state index contributed by atoms with van der Waals surface area (Å²) in [6.45, 7) is 1.62. The standard InChI is InChI=1S/C8H15FN2O2/c9-11-3-1-7(2-4-11)5-10-6-8(12)13/h7,10H,1-6H2,(H,12,13). The van der Waals surface area contributed by atoms with Crippen molar-refractivity contribution in [3.05, 3.63) is 0 Å². The van der Waals surface area contributed by atoms with E-state index in [1.54, 1.807) is 0 Å². The number of carbonyl (C=O) groups is 1. The van der Waals surface area contributed by atoms with Crippen LogP contribution in [0.3, 0.4) is 0 Å². The molecule has 76 valence electrons. The van der Waals surface area contributed by atoms with E-state index in [1.807, 2.05) is 0 Å². The van der Waals surface area contributed by atoms with E-state index in [0.29, 0.717) is 25.6 Å². The number of rotatable bonds is 4. The van der Waals surface area contributed by atoms with E-state index in [0.717, 1.165) is 18.0 Å². The fraction of sp³-hybridized carbons (Fsp3) is 0.875. The topological polar surface area (TPSA) is 52.6 Å². The van der Waals surface area contributed by atoms with Crippen LogP contribution >= 0.6 is 0 Å². The second kappa shape index (κ2) is 5.14. The molecule has 1 aliphatic rings. The Kier molecular flexibility index (Phi) is 4.11. The largest absolute Gasteiger partial charge is 0.480 e. The summed E-state index contributed by atoms with van der Waals surface area (Å²) in [5, 5.41) is 12.0. The van der Waals surface area contributed by atoms with Crippen molar-refractivity contribution in [2.24, 2.45) is 5.92 Å². The van der Waals surface area contributed by atoms with E-state index in [4.69, 9.17) is 5.11 Å². The lowest BCUT2D eigenvalue weighted by molar-refractivity contribution is -0.136. The van der Waals surface area contributed by atoms with Crippen LogP contribution < -0.4 is 5.32 Å². The van der Waals surface area contributed by atoms with Gasteiger partial charge in [0.1, 0.15) is 0 Å². The van der Waals surface area contributed by atoms with E-state index in [9.17, 15) is 9.28 Å². The highest BCUT2D eigenvalue weighted by Gasteiger charge is 2.18. The third-order valence-corrected chi connectivity index (χ3v) is 2.27. The molecule has 1 aliphatic heterocycles. The van der Waals surface area contributed by atoms with Gasteiger partial charge in [0.2, 0.25) is 0 Å². The zero-order valence-electron chi connectivity index (χ0n) is 7.50. The maximum atomic E-state index is 12.5. The van der Waals surface area contributed by atoms with Crippen molar-refractivity contribution >= 4 is 5.97 Å². The molecule has 0 amide bonds. The highest BCUT2D eigenvalue weighted by Crippen LogP contribution is 2.15. The number of hydrogen-bond acceptors (Lipinski definition) is 3. The monoisotopic (exact) mass is 190 g/mol. The summed E-state index contributed by atoms with van der Waals surface area (Å²) < 4.78 is 12.5. The molecule has 0 saturated carbocycles. The second-order valence-corrected chi connectivity index (χ2v) is 3.38. The molecule has 0 radical (unpaired) electrons. The molecular formula is C8H15FN2O2. The Morgan fingerprint density at radius 2 is 2.15 bits per heavy atom. The Bertz CT molecular complexity index is 170. The number of piperidine rings is 1. The lowest BCUT2D eigenvalue weighted by Crippen LogP contribution is -2.34. The van der Waals surface area contributed by atoms with Crippen LogP contribution in [0.1, 0.15) is 12.8 Å². The minimum Gasteiger partial charge on any atom is -0.480 e. The zero-order valence-corrected chi connectivity index (χ0v) is 7.50. The van der Waals surface area contributed by atoms with Gasteiger partial charge in [-0.15, -0.1) is 9.60 Å². The molecule has 0 aromatic rings. The van der Waals surface area contributed by atoms with Gasteiger partial charge in [-0.25, -0.2) is 0 Å². The zero-order chi connectivity index (χ0) is 9.68. The van der Waals surface area contributed by atoms with Gasteiger partial charge in [-0.2, -0.15) is 0 Å². The van der Waals surface area contributed by atoms with Crippen molar-refractivity contribution < 1.29 is 14.4 Å². The molecule has 2 N–H and O–H groups in total. The summed E-state index contributed by atoms with van der Waals surface area (Å²) in [7, 11) is 0. The van der Waals surface area contributed by atoms with Crippen molar-refractivity contribution in [3.8, 4) is 0 Å². The first-order valence-electron chi connectivity index (χ1n) is 4.51. The van der Waals surface area contributed by atoms with E-state index < -0.39 is 5.97 Å². The Hall–Kier alpha value is -0.680. The molecule has 13 heavy (non-hydrogen) atoms. The lowest BCUT2D eigenvalue weighted by Gasteiger charge is -2.25. The van der Waals surface area contributed by atoms with Crippen LogP contribution in [-0.4, -0.2) is 42.4 Å². The first-order chi connectivity index (χ1) is 6.18. The smallest absolute Gasteiger partial charge is 0.317 e. The van der Waals surface area contributed by atoms with Crippen LogP contribution in [0.5, 0.6) is 0 Å². The van der Waals surface area contributed by atoms with Gasteiger partial charge in [0.05, 0.1) is 6.54 Å². The molecular weight excluding hydrogens is 175 g/mol. The first-order valence-corrected chi connectivity index (χ1v) is 4.51. The van der Waals surface area contributed by atoms with Crippen LogP contribution in [-0.2, 0) is 4.79 Å². The molecule has 5 heteroatoms. The molecule has 1 rings (SSSR count). The van der Waals surface area contributed by atoms with Gasteiger partial charge >= 0.3 is 5.97 Å². The Labute approximate surface area is 76.7 Å². The van der Waals surface area contributed by atoms with Gasteiger partial charge in [-0.1, -0.05) is 0 Å². The van der Waals surface area contributed by atoms with Crippen molar-refractivity contribution in [1.82, 2.24) is 10.4 Å². The molecule has 0 spiro atoms. The van der Waals surface area contributed by atoms with Crippen molar-refractivity contribution in [2.45, 2.75) is 12.8 Å². The highest BCUT2D eigenvalue weighted by atomic mass is 19.2. The predicted molar refractivity (Wildman–Crippen MR) is 45.9 cm³/mol. The predicted octanol–water partition coefficient (Wildman–Crippen LogP) is 0.257. The third kappa shape index (κ3) is 4.19. The maximum absolute atomic E-state index is 12.5. The van der Waals surface area contributed by atoms with Gasteiger partial charge in [-0.3, -0.25) is 4.79 Å². The minimum atomic E-state index is -0.845. The third-order valence-electron chi connectivity index (χ3n) is 2.27. The van der Waals surface area contributed by atoms with Gasteiger partial charge in [0.15, 0.2) is 0 Å². The van der Waals surface area contributed by atoms with Gasteiger partial charge < -0.3 is 10.4 Å². The summed E-state index contributed by atoms with van der Waals surface area (Å²) in [5.74, 6) is -0.422. The summed E-state index contributed by atoms with van der Waals surface area (Å²) in [6, 6.07) is 0. The van der Waals surface area contributed by atoms with Crippen LogP contribution in [0, 0.1) is 5.92 Å². The fourth-order valence-corrected chi connectivity index (χ4v) is 1.49. The summed E-state index contributed by atoms with van der Waals surface area (Å²) >= 11 is 0. The van der Waals surface area contributed by atoms with E-state index >= 15 is 0 Å². The average molecular weight is 190 g/mol. The second-order valence-electron chi connectivity index (χ2n) is 3.38. The van der Waals surface area contributed by atoms with Gasteiger partial charge in [0.25, 0.3) is 0 Å².